The molecule has 1 atom stereocenters. The van der Waals surface area contributed by atoms with E-state index < -0.39 is 0 Å². The smallest absolute Gasteiger partial charge is 0.225 e. The van der Waals surface area contributed by atoms with Gasteiger partial charge in [0.2, 0.25) is 11.9 Å². The van der Waals surface area contributed by atoms with Crippen LogP contribution in [0.4, 0.5) is 5.95 Å². The third-order valence-electron chi connectivity index (χ3n) is 5.00. The van der Waals surface area contributed by atoms with E-state index in [1.807, 2.05) is 19.9 Å². The molecule has 1 saturated heterocycles. The van der Waals surface area contributed by atoms with E-state index in [1.165, 1.54) is 0 Å². The van der Waals surface area contributed by atoms with Crippen LogP contribution in [-0.4, -0.2) is 40.5 Å². The van der Waals surface area contributed by atoms with E-state index in [4.69, 9.17) is 4.98 Å². The van der Waals surface area contributed by atoms with Crippen molar-refractivity contribution in [3.8, 4) is 0 Å². The lowest BCUT2D eigenvalue weighted by atomic mass is 9.93. The Morgan fingerprint density at radius 1 is 1.25 bits per heavy atom. The average molecular weight is 402 g/mol. The summed E-state index contributed by atoms with van der Waals surface area (Å²) in [6.45, 7) is 12.7. The van der Waals surface area contributed by atoms with Crippen molar-refractivity contribution in [3.63, 3.8) is 0 Å². The number of hydrogen-bond donors (Lipinski definition) is 1. The maximum absolute atomic E-state index is 12.7. The standard InChI is InChI=1S/C21H31N5OS/c1-14-11-15(2)24-20(23-14)26-10-6-7-16(12-26)19(27)22-9-8-18-25-17(13-28-18)21(3,4)5/h11,13,16H,6-10,12H2,1-5H3,(H,22,27). The first kappa shape index (κ1) is 20.7. The minimum Gasteiger partial charge on any atom is -0.355 e. The van der Waals surface area contributed by atoms with E-state index in [2.05, 4.69) is 46.3 Å². The molecule has 1 fully saturated rings. The maximum Gasteiger partial charge on any atom is 0.225 e. The molecule has 1 N–H and O–H groups in total. The number of aryl methyl sites for hydroxylation is 2. The fourth-order valence-corrected chi connectivity index (χ4v) is 4.45. The van der Waals surface area contributed by atoms with Gasteiger partial charge < -0.3 is 10.2 Å². The third-order valence-corrected chi connectivity index (χ3v) is 5.91. The van der Waals surface area contributed by atoms with Crippen LogP contribution in [-0.2, 0) is 16.6 Å². The highest BCUT2D eigenvalue weighted by molar-refractivity contribution is 7.09. The predicted octanol–water partition coefficient (Wildman–Crippen LogP) is 3.42. The van der Waals surface area contributed by atoms with Gasteiger partial charge in [-0.2, -0.15) is 0 Å². The van der Waals surface area contributed by atoms with Gasteiger partial charge in [-0.3, -0.25) is 4.79 Å². The van der Waals surface area contributed by atoms with Crippen LogP contribution in [0.1, 0.15) is 55.7 Å². The van der Waals surface area contributed by atoms with Gasteiger partial charge in [0, 0.05) is 48.2 Å². The molecule has 6 nitrogen and oxygen atoms in total. The fourth-order valence-electron chi connectivity index (χ4n) is 3.43. The Morgan fingerprint density at radius 2 is 1.96 bits per heavy atom. The van der Waals surface area contributed by atoms with Gasteiger partial charge in [-0.05, 0) is 32.8 Å². The number of nitrogens with zero attached hydrogens (tertiary/aromatic N) is 4. The lowest BCUT2D eigenvalue weighted by molar-refractivity contribution is -0.125. The monoisotopic (exact) mass is 401 g/mol. The summed E-state index contributed by atoms with van der Waals surface area (Å²) in [5.41, 5.74) is 3.12. The summed E-state index contributed by atoms with van der Waals surface area (Å²) in [6.07, 6.45) is 2.68. The summed E-state index contributed by atoms with van der Waals surface area (Å²) in [5.74, 6) is 0.855. The minimum atomic E-state index is -0.0143. The Hall–Kier alpha value is -2.02. The number of nitrogens with one attached hydrogen (secondary N) is 1. The Kier molecular flexibility index (Phi) is 6.33. The van der Waals surface area contributed by atoms with Crippen LogP contribution in [0.2, 0.25) is 0 Å². The lowest BCUT2D eigenvalue weighted by Crippen LogP contribution is -2.44. The molecule has 2 aromatic rings. The topological polar surface area (TPSA) is 71.0 Å². The highest BCUT2D eigenvalue weighted by Crippen LogP contribution is 2.24. The van der Waals surface area contributed by atoms with Gasteiger partial charge in [0.05, 0.1) is 16.6 Å². The van der Waals surface area contributed by atoms with Gasteiger partial charge in [-0.25, -0.2) is 15.0 Å². The highest BCUT2D eigenvalue weighted by Gasteiger charge is 2.27. The van der Waals surface area contributed by atoms with Crippen molar-refractivity contribution in [2.45, 2.75) is 59.3 Å². The molecular formula is C21H31N5OS. The van der Waals surface area contributed by atoms with E-state index in [0.29, 0.717) is 13.1 Å². The van der Waals surface area contributed by atoms with E-state index >= 15 is 0 Å². The number of anilines is 1. The van der Waals surface area contributed by atoms with Crippen LogP contribution in [0, 0.1) is 19.8 Å². The number of piperidine rings is 1. The predicted molar refractivity (Wildman–Crippen MR) is 114 cm³/mol. The molecular weight excluding hydrogens is 370 g/mol. The first-order valence-electron chi connectivity index (χ1n) is 10.0. The van der Waals surface area contributed by atoms with Crippen LogP contribution in [0.5, 0.6) is 0 Å². The zero-order chi connectivity index (χ0) is 20.3. The van der Waals surface area contributed by atoms with Crippen LogP contribution in [0.15, 0.2) is 11.4 Å². The third kappa shape index (κ3) is 5.28. The summed E-state index contributed by atoms with van der Waals surface area (Å²) in [6, 6.07) is 1.97. The summed E-state index contributed by atoms with van der Waals surface area (Å²) in [4.78, 5) is 28.6. The molecule has 152 valence electrons. The van der Waals surface area contributed by atoms with Crippen molar-refractivity contribution in [3.05, 3.63) is 33.5 Å². The fraction of sp³-hybridized carbons (Fsp3) is 0.619. The molecule has 1 aliphatic rings. The second-order valence-corrected chi connectivity index (χ2v) is 9.60. The summed E-state index contributed by atoms with van der Waals surface area (Å²) >= 11 is 1.68. The average Bonchev–Trinajstić information content (AvgIpc) is 3.10. The van der Waals surface area contributed by atoms with Gasteiger partial charge in [-0.1, -0.05) is 20.8 Å². The Morgan fingerprint density at radius 3 is 2.61 bits per heavy atom. The highest BCUT2D eigenvalue weighted by atomic mass is 32.1. The number of rotatable bonds is 5. The van der Waals surface area contributed by atoms with Crippen LogP contribution in [0.3, 0.4) is 0 Å². The number of carbonyl (C=O) groups excluding carboxylic acids is 1. The van der Waals surface area contributed by atoms with Crippen molar-refractivity contribution in [1.82, 2.24) is 20.3 Å². The first-order chi connectivity index (χ1) is 13.2. The molecule has 0 saturated carbocycles. The van der Waals surface area contributed by atoms with E-state index in [-0.39, 0.29) is 17.2 Å². The number of hydrogen-bond acceptors (Lipinski definition) is 6. The summed E-state index contributed by atoms with van der Waals surface area (Å²) in [7, 11) is 0. The molecule has 2 aromatic heterocycles. The maximum atomic E-state index is 12.7. The second kappa shape index (κ2) is 8.55. The number of aromatic nitrogens is 3. The number of carbonyl (C=O) groups is 1. The molecule has 3 heterocycles. The zero-order valence-corrected chi connectivity index (χ0v) is 18.4. The van der Waals surface area contributed by atoms with Crippen molar-refractivity contribution in [1.29, 1.82) is 0 Å². The van der Waals surface area contributed by atoms with Gasteiger partial charge in [0.25, 0.3) is 0 Å². The van der Waals surface area contributed by atoms with E-state index in [9.17, 15) is 4.79 Å². The largest absolute Gasteiger partial charge is 0.355 e. The normalized spacial score (nSPS) is 17.6. The first-order valence-corrected chi connectivity index (χ1v) is 10.9. The molecule has 7 heteroatoms. The van der Waals surface area contributed by atoms with Crippen LogP contribution < -0.4 is 10.2 Å². The van der Waals surface area contributed by atoms with Gasteiger partial charge in [-0.15, -0.1) is 11.3 Å². The van der Waals surface area contributed by atoms with Crippen LogP contribution >= 0.6 is 11.3 Å². The Labute approximate surface area is 171 Å². The lowest BCUT2D eigenvalue weighted by Gasteiger charge is -2.32. The SMILES string of the molecule is Cc1cc(C)nc(N2CCCC(C(=O)NCCc3nc(C(C)(C)C)cs3)C2)n1. The molecule has 1 unspecified atom stereocenters. The molecule has 0 aromatic carbocycles. The van der Waals surface area contributed by atoms with Crippen molar-refractivity contribution < 1.29 is 4.79 Å². The molecule has 0 aliphatic carbocycles. The second-order valence-electron chi connectivity index (χ2n) is 8.65. The van der Waals surface area contributed by atoms with Crippen molar-refractivity contribution in [2.75, 3.05) is 24.5 Å². The zero-order valence-electron chi connectivity index (χ0n) is 17.6. The molecule has 0 bridgehead atoms. The summed E-state index contributed by atoms with van der Waals surface area (Å²) in [5, 5.41) is 6.31. The van der Waals surface area contributed by atoms with Gasteiger partial charge in [0.15, 0.2) is 0 Å². The van der Waals surface area contributed by atoms with Gasteiger partial charge in [0.1, 0.15) is 0 Å². The quantitative estimate of drug-likeness (QED) is 0.831. The van der Waals surface area contributed by atoms with Gasteiger partial charge >= 0.3 is 0 Å². The van der Waals surface area contributed by atoms with E-state index in [0.717, 1.165) is 53.8 Å². The van der Waals surface area contributed by atoms with Crippen LogP contribution in [0.25, 0.3) is 0 Å². The Balaban J connectivity index is 1.52. The molecule has 3 rings (SSSR count). The minimum absolute atomic E-state index is 0.0143. The van der Waals surface area contributed by atoms with Crippen molar-refractivity contribution >= 4 is 23.2 Å². The number of thiazole rings is 1. The molecule has 0 radical (unpaired) electrons. The van der Waals surface area contributed by atoms with E-state index in [1.54, 1.807) is 11.3 Å². The summed E-state index contributed by atoms with van der Waals surface area (Å²) < 4.78 is 0. The Bertz CT molecular complexity index is 806. The molecule has 0 spiro atoms. The molecule has 1 amide bonds. The molecule has 1 aliphatic heterocycles. The molecule has 28 heavy (non-hydrogen) atoms. The number of amides is 1. The van der Waals surface area contributed by atoms with Crippen molar-refractivity contribution in [2.24, 2.45) is 5.92 Å².